The van der Waals surface area contributed by atoms with Crippen LogP contribution in [0.4, 0.5) is 0 Å². The highest BCUT2D eigenvalue weighted by Crippen LogP contribution is 2.30. The van der Waals surface area contributed by atoms with Crippen molar-refractivity contribution in [2.24, 2.45) is 0 Å². The average molecular weight is 367 g/mol. The molecule has 0 fully saturated rings. The fourth-order valence-corrected chi connectivity index (χ4v) is 3.54. The smallest absolute Gasteiger partial charge is 0.258 e. The number of aromatic nitrogens is 2. The molecule has 2 N–H and O–H groups in total. The monoisotopic (exact) mass is 367 g/mol. The molecule has 0 atom stereocenters. The SMILES string of the molecule is COc1cc2nc(CN3CCc4ccc(O)cc4C3)[nH]c(=O)c2cc1OC. The molecule has 140 valence electrons. The maximum Gasteiger partial charge on any atom is 0.258 e. The number of hydrogen-bond acceptors (Lipinski definition) is 6. The van der Waals surface area contributed by atoms with E-state index in [4.69, 9.17) is 9.47 Å². The van der Waals surface area contributed by atoms with E-state index in [-0.39, 0.29) is 11.3 Å². The normalized spacial score (nSPS) is 14.1. The second-order valence-electron chi connectivity index (χ2n) is 6.65. The van der Waals surface area contributed by atoms with Gasteiger partial charge in [0.2, 0.25) is 0 Å². The molecule has 4 rings (SSSR count). The third-order valence-electron chi connectivity index (χ3n) is 4.91. The molecule has 7 nitrogen and oxygen atoms in total. The van der Waals surface area contributed by atoms with Crippen LogP contribution in [0, 0.1) is 0 Å². The van der Waals surface area contributed by atoms with Gasteiger partial charge in [0.15, 0.2) is 11.5 Å². The molecule has 0 spiro atoms. The number of phenolic OH excluding ortho intramolecular Hbond substituents is 1. The van der Waals surface area contributed by atoms with Crippen LogP contribution in [-0.2, 0) is 19.5 Å². The standard InChI is InChI=1S/C20H21N3O4/c1-26-17-8-15-16(9-18(17)27-2)21-19(22-20(15)25)11-23-6-5-12-3-4-14(24)7-13(12)10-23/h3-4,7-9,24H,5-6,10-11H2,1-2H3,(H,21,22,25). The van der Waals surface area contributed by atoms with Gasteiger partial charge < -0.3 is 19.6 Å². The van der Waals surface area contributed by atoms with Gasteiger partial charge in [0.05, 0.1) is 31.7 Å². The number of methoxy groups -OCH3 is 2. The molecule has 0 bridgehead atoms. The number of hydrogen-bond donors (Lipinski definition) is 2. The van der Waals surface area contributed by atoms with E-state index < -0.39 is 0 Å². The fraction of sp³-hybridized carbons (Fsp3) is 0.300. The highest BCUT2D eigenvalue weighted by Gasteiger charge is 2.18. The number of rotatable bonds is 4. The number of nitrogens with zero attached hydrogens (tertiary/aromatic N) is 2. The molecule has 2 heterocycles. The Labute approximate surface area is 156 Å². The number of fused-ring (bicyclic) bond motifs is 2. The molecule has 1 aromatic heterocycles. The van der Waals surface area contributed by atoms with Gasteiger partial charge in [-0.25, -0.2) is 4.98 Å². The minimum atomic E-state index is -0.203. The fourth-order valence-electron chi connectivity index (χ4n) is 3.54. The van der Waals surface area contributed by atoms with Crippen LogP contribution in [0.5, 0.6) is 17.2 Å². The third-order valence-corrected chi connectivity index (χ3v) is 4.91. The van der Waals surface area contributed by atoms with Gasteiger partial charge in [0.1, 0.15) is 11.6 Å². The molecule has 0 saturated carbocycles. The van der Waals surface area contributed by atoms with Gasteiger partial charge in [-0.15, -0.1) is 0 Å². The molecule has 27 heavy (non-hydrogen) atoms. The van der Waals surface area contributed by atoms with Crippen molar-refractivity contribution < 1.29 is 14.6 Å². The van der Waals surface area contributed by atoms with Crippen molar-refractivity contribution in [3.05, 3.63) is 57.6 Å². The lowest BCUT2D eigenvalue weighted by Gasteiger charge is -2.28. The molecule has 0 amide bonds. The summed E-state index contributed by atoms with van der Waals surface area (Å²) in [7, 11) is 3.09. The van der Waals surface area contributed by atoms with Crippen molar-refractivity contribution in [2.45, 2.75) is 19.5 Å². The Morgan fingerprint density at radius 1 is 1.15 bits per heavy atom. The number of ether oxygens (including phenoxy) is 2. The van der Waals surface area contributed by atoms with Crippen LogP contribution in [0.2, 0.25) is 0 Å². The van der Waals surface area contributed by atoms with Crippen molar-refractivity contribution >= 4 is 10.9 Å². The maximum atomic E-state index is 12.5. The molecule has 2 aromatic carbocycles. The van der Waals surface area contributed by atoms with E-state index in [1.54, 1.807) is 31.4 Å². The first kappa shape index (κ1) is 17.4. The molecule has 1 aliphatic heterocycles. The van der Waals surface area contributed by atoms with E-state index >= 15 is 0 Å². The number of aromatic hydroxyl groups is 1. The maximum absolute atomic E-state index is 12.5. The summed E-state index contributed by atoms with van der Waals surface area (Å²) in [6, 6.07) is 8.85. The van der Waals surface area contributed by atoms with Crippen molar-refractivity contribution in [3.63, 3.8) is 0 Å². The Morgan fingerprint density at radius 2 is 1.93 bits per heavy atom. The van der Waals surface area contributed by atoms with E-state index in [1.165, 1.54) is 12.7 Å². The van der Waals surface area contributed by atoms with E-state index in [0.29, 0.717) is 41.3 Å². The van der Waals surface area contributed by atoms with Crippen molar-refractivity contribution in [2.75, 3.05) is 20.8 Å². The predicted molar refractivity (Wildman–Crippen MR) is 101 cm³/mol. The first-order chi connectivity index (χ1) is 13.1. The summed E-state index contributed by atoms with van der Waals surface area (Å²) in [4.78, 5) is 22.2. The Kier molecular flexibility index (Phi) is 4.45. The summed E-state index contributed by atoms with van der Waals surface area (Å²) in [5.74, 6) is 1.91. The van der Waals surface area contributed by atoms with Crippen LogP contribution in [-0.4, -0.2) is 40.7 Å². The topological polar surface area (TPSA) is 87.7 Å². The zero-order chi connectivity index (χ0) is 19.0. The van der Waals surface area contributed by atoms with E-state index in [2.05, 4.69) is 14.9 Å². The number of benzene rings is 2. The van der Waals surface area contributed by atoms with Gasteiger partial charge in [0.25, 0.3) is 5.56 Å². The second-order valence-corrected chi connectivity index (χ2v) is 6.65. The van der Waals surface area contributed by atoms with Crippen molar-refractivity contribution in [1.82, 2.24) is 14.9 Å². The summed E-state index contributed by atoms with van der Waals surface area (Å²) >= 11 is 0. The van der Waals surface area contributed by atoms with Gasteiger partial charge in [0, 0.05) is 19.2 Å². The van der Waals surface area contributed by atoms with Crippen molar-refractivity contribution in [3.8, 4) is 17.2 Å². The quantitative estimate of drug-likeness (QED) is 0.735. The lowest BCUT2D eigenvalue weighted by molar-refractivity contribution is 0.239. The van der Waals surface area contributed by atoms with Gasteiger partial charge in [-0.05, 0) is 35.7 Å². The first-order valence-electron chi connectivity index (χ1n) is 8.75. The zero-order valence-corrected chi connectivity index (χ0v) is 15.3. The molecule has 7 heteroatoms. The number of H-pyrrole nitrogens is 1. The van der Waals surface area contributed by atoms with E-state index in [9.17, 15) is 9.90 Å². The van der Waals surface area contributed by atoms with E-state index in [1.807, 2.05) is 6.07 Å². The minimum Gasteiger partial charge on any atom is -0.508 e. The first-order valence-corrected chi connectivity index (χ1v) is 8.75. The lowest BCUT2D eigenvalue weighted by atomic mass is 9.99. The lowest BCUT2D eigenvalue weighted by Crippen LogP contribution is -2.31. The number of aromatic amines is 1. The molecule has 0 saturated heterocycles. The molecular weight excluding hydrogens is 346 g/mol. The summed E-state index contributed by atoms with van der Waals surface area (Å²) < 4.78 is 10.6. The Hall–Kier alpha value is -3.06. The Bertz CT molecular complexity index is 1060. The van der Waals surface area contributed by atoms with Gasteiger partial charge >= 0.3 is 0 Å². The molecule has 1 aliphatic rings. The number of phenols is 1. The third kappa shape index (κ3) is 3.33. The van der Waals surface area contributed by atoms with Crippen LogP contribution < -0.4 is 15.0 Å². The van der Waals surface area contributed by atoms with Gasteiger partial charge in [-0.3, -0.25) is 9.69 Å². The summed E-state index contributed by atoms with van der Waals surface area (Å²) in [5, 5.41) is 10.2. The molecule has 0 unspecified atom stereocenters. The van der Waals surface area contributed by atoms with Crippen LogP contribution in [0.3, 0.4) is 0 Å². The van der Waals surface area contributed by atoms with Crippen molar-refractivity contribution in [1.29, 1.82) is 0 Å². The van der Waals surface area contributed by atoms with E-state index in [0.717, 1.165) is 18.5 Å². The highest BCUT2D eigenvalue weighted by atomic mass is 16.5. The van der Waals surface area contributed by atoms with Crippen LogP contribution in [0.25, 0.3) is 10.9 Å². The van der Waals surface area contributed by atoms with Gasteiger partial charge in [-0.1, -0.05) is 6.07 Å². The van der Waals surface area contributed by atoms with Crippen LogP contribution in [0.1, 0.15) is 17.0 Å². The molecular formula is C20H21N3O4. The summed E-state index contributed by atoms with van der Waals surface area (Å²) in [6.45, 7) is 2.09. The predicted octanol–water partition coefficient (Wildman–Crippen LogP) is 2.20. The molecule has 0 aliphatic carbocycles. The van der Waals surface area contributed by atoms with Crippen LogP contribution >= 0.6 is 0 Å². The van der Waals surface area contributed by atoms with Crippen LogP contribution in [0.15, 0.2) is 35.1 Å². The zero-order valence-electron chi connectivity index (χ0n) is 15.3. The minimum absolute atomic E-state index is 0.203. The largest absolute Gasteiger partial charge is 0.508 e. The molecule has 0 radical (unpaired) electrons. The molecule has 3 aromatic rings. The second kappa shape index (κ2) is 6.92. The highest BCUT2D eigenvalue weighted by molar-refractivity contribution is 5.81. The van der Waals surface area contributed by atoms with Gasteiger partial charge in [-0.2, -0.15) is 0 Å². The average Bonchev–Trinajstić information content (AvgIpc) is 2.66. The summed E-state index contributed by atoms with van der Waals surface area (Å²) in [6.07, 6.45) is 0.901. The summed E-state index contributed by atoms with van der Waals surface area (Å²) in [5.41, 5.74) is 2.73. The Morgan fingerprint density at radius 3 is 2.70 bits per heavy atom. The Balaban J connectivity index is 1.64. The number of nitrogens with one attached hydrogen (secondary N) is 1.